The molecule has 0 aromatic rings. The van der Waals surface area contributed by atoms with Gasteiger partial charge in [-0.2, -0.15) is 8.42 Å². The van der Waals surface area contributed by atoms with Crippen LogP contribution in [0.25, 0.3) is 0 Å². The van der Waals surface area contributed by atoms with Crippen molar-refractivity contribution in [3.05, 3.63) is 25.3 Å². The van der Waals surface area contributed by atoms with Crippen LogP contribution in [0.2, 0.25) is 0 Å². The van der Waals surface area contributed by atoms with E-state index in [2.05, 4.69) is 13.2 Å². The first-order valence-electron chi connectivity index (χ1n) is 7.77. The Morgan fingerprint density at radius 3 is 1.88 bits per heavy atom. The molecule has 10 heteroatoms. The predicted molar refractivity (Wildman–Crippen MR) is 91.6 cm³/mol. The maximum Gasteiger partial charge on any atom is 0.330 e. The average Bonchev–Trinajstić information content (AvgIpc) is 2.53. The van der Waals surface area contributed by atoms with Crippen LogP contribution in [0.3, 0.4) is 0 Å². The molecule has 0 aliphatic rings. The predicted octanol–water partition coefficient (Wildman–Crippen LogP) is 1.05. The van der Waals surface area contributed by atoms with Gasteiger partial charge in [0.15, 0.2) is 0 Å². The number of esters is 3. The number of hydrogen-bond acceptors (Lipinski definition) is 8. The molecular weight excluding hydrogens is 368 g/mol. The first kappa shape index (κ1) is 23.8. The van der Waals surface area contributed by atoms with E-state index in [1.165, 1.54) is 0 Å². The highest BCUT2D eigenvalue weighted by atomic mass is 32.2. The summed E-state index contributed by atoms with van der Waals surface area (Å²) in [6.45, 7) is 9.25. The molecule has 2 atom stereocenters. The average molecular weight is 392 g/mol. The lowest BCUT2D eigenvalue weighted by atomic mass is 9.92. The summed E-state index contributed by atoms with van der Waals surface area (Å²) in [5.74, 6) is -3.27. The molecule has 0 aromatic carbocycles. The Hall–Kier alpha value is -2.20. The molecule has 2 unspecified atom stereocenters. The van der Waals surface area contributed by atoms with E-state index >= 15 is 0 Å². The number of hydrogen-bond donors (Lipinski definition) is 1. The summed E-state index contributed by atoms with van der Waals surface area (Å²) in [6, 6.07) is 0. The lowest BCUT2D eigenvalue weighted by Gasteiger charge is -2.28. The minimum atomic E-state index is -4.22. The highest BCUT2D eigenvalue weighted by Crippen LogP contribution is 2.22. The van der Waals surface area contributed by atoms with Crippen LogP contribution in [0.5, 0.6) is 0 Å². The van der Waals surface area contributed by atoms with E-state index < -0.39 is 58.5 Å². The molecule has 0 spiro atoms. The second-order valence-electron chi connectivity index (χ2n) is 5.40. The summed E-state index contributed by atoms with van der Waals surface area (Å²) in [7, 11) is -4.22. The van der Waals surface area contributed by atoms with Gasteiger partial charge in [0.05, 0.1) is 0 Å². The van der Waals surface area contributed by atoms with Crippen molar-refractivity contribution in [3.63, 3.8) is 0 Å². The molecule has 0 saturated carbocycles. The van der Waals surface area contributed by atoms with Crippen LogP contribution in [0.15, 0.2) is 25.3 Å². The zero-order chi connectivity index (χ0) is 20.3. The number of ether oxygens (including phenoxy) is 3. The molecule has 9 nitrogen and oxygen atoms in total. The Morgan fingerprint density at radius 1 is 1.04 bits per heavy atom. The van der Waals surface area contributed by atoms with Gasteiger partial charge >= 0.3 is 17.9 Å². The molecule has 0 amide bonds. The highest BCUT2D eigenvalue weighted by Gasteiger charge is 2.29. The Balaban J connectivity index is 4.80. The van der Waals surface area contributed by atoms with E-state index in [1.807, 2.05) is 0 Å². The minimum absolute atomic E-state index is 0.137. The van der Waals surface area contributed by atoms with Gasteiger partial charge in [0.2, 0.25) is 0 Å². The van der Waals surface area contributed by atoms with Gasteiger partial charge in [-0.05, 0) is 20.3 Å². The monoisotopic (exact) mass is 392 g/mol. The van der Waals surface area contributed by atoms with Crippen molar-refractivity contribution in [2.45, 2.75) is 38.9 Å². The second-order valence-corrected chi connectivity index (χ2v) is 6.97. The minimum Gasteiger partial charge on any atom is -0.464 e. The first-order valence-corrected chi connectivity index (χ1v) is 9.38. The Kier molecular flexibility index (Phi) is 10.5. The smallest absolute Gasteiger partial charge is 0.330 e. The molecule has 0 rings (SSSR count). The van der Waals surface area contributed by atoms with Crippen molar-refractivity contribution in [3.8, 4) is 0 Å². The summed E-state index contributed by atoms with van der Waals surface area (Å²) in [5.41, 5.74) is 0. The van der Waals surface area contributed by atoms with Crippen molar-refractivity contribution in [2.24, 2.45) is 5.92 Å². The van der Waals surface area contributed by atoms with Gasteiger partial charge in [-0.25, -0.2) is 9.59 Å². The summed E-state index contributed by atoms with van der Waals surface area (Å²) >= 11 is 0. The molecule has 0 radical (unpaired) electrons. The van der Waals surface area contributed by atoms with Crippen LogP contribution >= 0.6 is 0 Å². The zero-order valence-corrected chi connectivity index (χ0v) is 15.6. The normalized spacial score (nSPS) is 14.4. The molecule has 1 N–H and O–H groups in total. The van der Waals surface area contributed by atoms with Gasteiger partial charge < -0.3 is 14.2 Å². The molecule has 26 heavy (non-hydrogen) atoms. The number of rotatable bonds is 12. The molecular formula is C16H24O9S. The van der Waals surface area contributed by atoms with Crippen LogP contribution in [0.1, 0.15) is 26.7 Å². The SMILES string of the molecule is C=CC(=O)OC(C)C(CCC(=O)OCCS(=O)(=O)O)C(C)OC(=O)C=C. The molecule has 0 aliphatic carbocycles. The summed E-state index contributed by atoms with van der Waals surface area (Å²) in [4.78, 5) is 34.4. The van der Waals surface area contributed by atoms with Crippen molar-refractivity contribution in [1.82, 2.24) is 0 Å². The topological polar surface area (TPSA) is 133 Å². The quantitative estimate of drug-likeness (QED) is 0.224. The molecule has 148 valence electrons. The molecule has 0 saturated heterocycles. The number of carbonyl (C=O) groups is 3. The van der Waals surface area contributed by atoms with Crippen molar-refractivity contribution in [1.29, 1.82) is 0 Å². The van der Waals surface area contributed by atoms with Gasteiger partial charge in [0.25, 0.3) is 10.1 Å². The van der Waals surface area contributed by atoms with Gasteiger partial charge in [-0.15, -0.1) is 0 Å². The van der Waals surface area contributed by atoms with Gasteiger partial charge in [-0.3, -0.25) is 9.35 Å². The fourth-order valence-electron chi connectivity index (χ4n) is 2.11. The van der Waals surface area contributed by atoms with Crippen LogP contribution in [0, 0.1) is 5.92 Å². The molecule has 0 aromatic heterocycles. The largest absolute Gasteiger partial charge is 0.464 e. The van der Waals surface area contributed by atoms with Crippen LogP contribution < -0.4 is 0 Å². The van der Waals surface area contributed by atoms with Crippen molar-refractivity contribution in [2.75, 3.05) is 12.4 Å². The third kappa shape index (κ3) is 10.6. The Labute approximate surface area is 152 Å². The highest BCUT2D eigenvalue weighted by molar-refractivity contribution is 7.85. The van der Waals surface area contributed by atoms with E-state index in [4.69, 9.17) is 18.8 Å². The van der Waals surface area contributed by atoms with Gasteiger partial charge in [0, 0.05) is 24.5 Å². The van der Waals surface area contributed by atoms with E-state index in [0.29, 0.717) is 0 Å². The first-order chi connectivity index (χ1) is 12.0. The standard InChI is InChI=1S/C16H24O9S/c1-5-14(17)24-11(3)13(12(4)25-15(18)6-2)7-8-16(19)23-9-10-26(20,21)22/h5-6,11-13H,1-2,7-10H2,3-4H3,(H,20,21,22). The summed E-state index contributed by atoms with van der Waals surface area (Å²) < 4.78 is 44.7. The van der Waals surface area contributed by atoms with Gasteiger partial charge in [-0.1, -0.05) is 13.2 Å². The van der Waals surface area contributed by atoms with Crippen molar-refractivity contribution >= 4 is 28.0 Å². The Morgan fingerprint density at radius 2 is 1.50 bits per heavy atom. The van der Waals surface area contributed by atoms with E-state index in [1.54, 1.807) is 13.8 Å². The molecule has 0 aliphatic heterocycles. The Bertz CT molecular complexity index is 596. The fourth-order valence-corrected chi connectivity index (χ4v) is 2.40. The second kappa shape index (κ2) is 11.4. The molecule has 0 fully saturated rings. The lowest BCUT2D eigenvalue weighted by Crippen LogP contribution is -2.34. The van der Waals surface area contributed by atoms with Crippen LogP contribution in [-0.4, -0.2) is 55.4 Å². The van der Waals surface area contributed by atoms with Crippen LogP contribution in [0.4, 0.5) is 0 Å². The summed E-state index contributed by atoms with van der Waals surface area (Å²) in [6.07, 6.45) is 0.580. The fraction of sp³-hybridized carbons (Fsp3) is 0.562. The van der Waals surface area contributed by atoms with E-state index in [-0.39, 0.29) is 12.8 Å². The van der Waals surface area contributed by atoms with Crippen LogP contribution in [-0.2, 0) is 38.7 Å². The molecule has 0 bridgehead atoms. The molecule has 0 heterocycles. The maximum atomic E-state index is 11.7. The third-order valence-corrected chi connectivity index (χ3v) is 4.11. The van der Waals surface area contributed by atoms with E-state index in [9.17, 15) is 22.8 Å². The van der Waals surface area contributed by atoms with E-state index in [0.717, 1.165) is 12.2 Å². The van der Waals surface area contributed by atoms with Gasteiger partial charge in [0.1, 0.15) is 24.6 Å². The zero-order valence-electron chi connectivity index (χ0n) is 14.8. The number of carbonyl (C=O) groups excluding carboxylic acids is 3. The summed E-state index contributed by atoms with van der Waals surface area (Å²) in [5, 5.41) is 0. The third-order valence-electron chi connectivity index (χ3n) is 3.43. The lowest BCUT2D eigenvalue weighted by molar-refractivity contribution is -0.154. The van der Waals surface area contributed by atoms with Crippen molar-refractivity contribution < 1.29 is 41.6 Å². The maximum absolute atomic E-state index is 11.7.